The number of carbonyl (C=O) groups excluding carboxylic acids is 1. The standard InChI is InChI=1S/C31H44N4O2/c1-5-6-16-30(34(2)3)17-19-31(20-18-30)28-26(25-9-7-8-10-27(25)33-28)15-21-35(31)29(36)32-22-23-11-13-24(37-4)14-12-23/h7-11,13-14,23,33H,5-6,12,15-22H2,1-4H3,(H,32,36). The smallest absolute Gasteiger partial charge is 0.318 e. The number of hydrogen-bond acceptors (Lipinski definition) is 3. The molecule has 3 aliphatic rings. The van der Waals surface area contributed by atoms with Crippen molar-refractivity contribution in [2.75, 3.05) is 34.3 Å². The van der Waals surface area contributed by atoms with Crippen LogP contribution in [0.25, 0.3) is 10.9 Å². The van der Waals surface area contributed by atoms with Crippen molar-refractivity contribution in [1.82, 2.24) is 20.1 Å². The fourth-order valence-corrected chi connectivity index (χ4v) is 7.06. The number of aromatic amines is 1. The Balaban J connectivity index is 1.42. The summed E-state index contributed by atoms with van der Waals surface area (Å²) in [6.45, 7) is 3.69. The van der Waals surface area contributed by atoms with Crippen molar-refractivity contribution in [3.05, 3.63) is 59.5 Å². The van der Waals surface area contributed by atoms with Gasteiger partial charge in [0.05, 0.1) is 12.6 Å². The molecule has 0 bridgehead atoms. The number of ether oxygens (including phenoxy) is 1. The first-order valence-corrected chi connectivity index (χ1v) is 14.2. The van der Waals surface area contributed by atoms with Gasteiger partial charge in [0.15, 0.2) is 0 Å². The van der Waals surface area contributed by atoms with Gasteiger partial charge in [0.2, 0.25) is 0 Å². The summed E-state index contributed by atoms with van der Waals surface area (Å²) in [5.74, 6) is 1.20. The van der Waals surface area contributed by atoms with E-state index >= 15 is 0 Å². The first kappa shape index (κ1) is 25.9. The third kappa shape index (κ3) is 4.69. The lowest BCUT2D eigenvalue weighted by Gasteiger charge is -2.55. The molecule has 0 saturated heterocycles. The van der Waals surface area contributed by atoms with Crippen LogP contribution in [0.3, 0.4) is 0 Å². The lowest BCUT2D eigenvalue weighted by atomic mass is 9.66. The first-order chi connectivity index (χ1) is 17.9. The molecule has 1 aromatic heterocycles. The van der Waals surface area contributed by atoms with Crippen molar-refractivity contribution in [1.29, 1.82) is 0 Å². The second kappa shape index (κ2) is 10.6. The molecule has 1 aromatic carbocycles. The maximum absolute atomic E-state index is 13.9. The van der Waals surface area contributed by atoms with E-state index in [1.165, 1.54) is 41.4 Å². The van der Waals surface area contributed by atoms with E-state index in [2.05, 4.69) is 77.5 Å². The normalized spacial score (nSPS) is 27.4. The van der Waals surface area contributed by atoms with Crippen LogP contribution in [0.2, 0.25) is 0 Å². The Morgan fingerprint density at radius 3 is 2.68 bits per heavy atom. The molecule has 0 radical (unpaired) electrons. The molecule has 6 heteroatoms. The number of hydrogen-bond donors (Lipinski definition) is 2. The van der Waals surface area contributed by atoms with E-state index in [9.17, 15) is 4.79 Å². The number of nitrogens with one attached hydrogen (secondary N) is 2. The Hall–Kier alpha value is -2.73. The molecule has 1 unspecified atom stereocenters. The highest BCUT2D eigenvalue weighted by molar-refractivity contribution is 5.86. The Bertz CT molecular complexity index is 1170. The van der Waals surface area contributed by atoms with Gasteiger partial charge in [-0.2, -0.15) is 0 Å². The van der Waals surface area contributed by atoms with Gasteiger partial charge >= 0.3 is 6.03 Å². The van der Waals surface area contributed by atoms with Crippen LogP contribution < -0.4 is 5.32 Å². The van der Waals surface area contributed by atoms with Crippen LogP contribution in [0.1, 0.15) is 69.5 Å². The van der Waals surface area contributed by atoms with Gasteiger partial charge < -0.3 is 24.8 Å². The molecular formula is C31H44N4O2. The summed E-state index contributed by atoms with van der Waals surface area (Å²) < 4.78 is 5.32. The zero-order valence-electron chi connectivity index (χ0n) is 23.1. The number of H-pyrrole nitrogens is 1. The molecule has 200 valence electrons. The monoisotopic (exact) mass is 504 g/mol. The van der Waals surface area contributed by atoms with E-state index in [0.717, 1.165) is 50.8 Å². The third-order valence-electron chi connectivity index (χ3n) is 9.48. The molecule has 2 aliphatic carbocycles. The van der Waals surface area contributed by atoms with Gasteiger partial charge in [-0.1, -0.05) is 44.0 Å². The molecule has 2 aromatic rings. The van der Waals surface area contributed by atoms with Crippen molar-refractivity contribution >= 4 is 16.9 Å². The number of unbranched alkanes of at least 4 members (excludes halogenated alkanes) is 1. The SMILES string of the molecule is CCCCC1(N(C)C)CCC2(CC1)c1[nH]c3ccccc3c1CCN2C(=O)NCC1C=CC(OC)=CC1. The molecule has 2 N–H and O–H groups in total. The lowest BCUT2D eigenvalue weighted by molar-refractivity contribution is -0.00492. The minimum Gasteiger partial charge on any atom is -0.497 e. The summed E-state index contributed by atoms with van der Waals surface area (Å²) in [6.07, 6.45) is 15.9. The Labute approximate surface area is 222 Å². The second-order valence-corrected chi connectivity index (χ2v) is 11.5. The summed E-state index contributed by atoms with van der Waals surface area (Å²) in [5.41, 5.74) is 3.82. The Morgan fingerprint density at radius 1 is 1.22 bits per heavy atom. The number of allylic oxidation sites excluding steroid dienone is 2. The molecule has 1 fully saturated rings. The van der Waals surface area contributed by atoms with E-state index in [1.54, 1.807) is 7.11 Å². The predicted octanol–water partition coefficient (Wildman–Crippen LogP) is 6.10. The molecule has 2 amide bonds. The van der Waals surface area contributed by atoms with Crippen molar-refractivity contribution in [3.8, 4) is 0 Å². The number of benzene rings is 1. The molecule has 1 spiro atoms. The van der Waals surface area contributed by atoms with Crippen LogP contribution >= 0.6 is 0 Å². The lowest BCUT2D eigenvalue weighted by Crippen LogP contribution is -2.61. The van der Waals surface area contributed by atoms with Gasteiger partial charge in [0, 0.05) is 35.2 Å². The zero-order chi connectivity index (χ0) is 26.0. The van der Waals surface area contributed by atoms with Crippen LogP contribution in [0.15, 0.2) is 48.3 Å². The predicted molar refractivity (Wildman–Crippen MR) is 151 cm³/mol. The average molecular weight is 505 g/mol. The van der Waals surface area contributed by atoms with E-state index in [4.69, 9.17) is 4.74 Å². The number of rotatable bonds is 7. The molecule has 1 aliphatic heterocycles. The minimum absolute atomic E-state index is 0.0742. The molecule has 5 rings (SSSR count). The zero-order valence-corrected chi connectivity index (χ0v) is 23.1. The molecule has 1 atom stereocenters. The van der Waals surface area contributed by atoms with Gasteiger partial charge in [0.25, 0.3) is 0 Å². The van der Waals surface area contributed by atoms with Crippen LogP contribution in [0, 0.1) is 5.92 Å². The average Bonchev–Trinajstić information content (AvgIpc) is 3.32. The minimum atomic E-state index is -0.284. The van der Waals surface area contributed by atoms with Crippen molar-refractivity contribution in [2.45, 2.75) is 75.8 Å². The molecule has 37 heavy (non-hydrogen) atoms. The van der Waals surface area contributed by atoms with Gasteiger partial charge in [-0.05, 0) is 88.7 Å². The van der Waals surface area contributed by atoms with E-state index in [1.807, 2.05) is 6.08 Å². The van der Waals surface area contributed by atoms with Crippen LogP contribution in [0.4, 0.5) is 4.79 Å². The topological polar surface area (TPSA) is 60.6 Å². The van der Waals surface area contributed by atoms with Gasteiger partial charge in [-0.25, -0.2) is 4.79 Å². The van der Waals surface area contributed by atoms with Gasteiger partial charge in [0.1, 0.15) is 5.76 Å². The van der Waals surface area contributed by atoms with E-state index < -0.39 is 0 Å². The largest absolute Gasteiger partial charge is 0.497 e. The first-order valence-electron chi connectivity index (χ1n) is 14.2. The second-order valence-electron chi connectivity index (χ2n) is 11.5. The highest BCUT2D eigenvalue weighted by Gasteiger charge is 2.52. The third-order valence-corrected chi connectivity index (χ3v) is 9.48. The number of para-hydroxylation sites is 1. The fourth-order valence-electron chi connectivity index (χ4n) is 7.06. The van der Waals surface area contributed by atoms with Crippen molar-refractivity contribution < 1.29 is 9.53 Å². The van der Waals surface area contributed by atoms with E-state index in [0.29, 0.717) is 12.5 Å². The van der Waals surface area contributed by atoms with Crippen LogP contribution in [-0.2, 0) is 16.7 Å². The molecule has 1 saturated carbocycles. The van der Waals surface area contributed by atoms with Gasteiger partial charge in [-0.15, -0.1) is 0 Å². The maximum Gasteiger partial charge on any atom is 0.318 e. The highest BCUT2D eigenvalue weighted by Crippen LogP contribution is 2.51. The quantitative estimate of drug-likeness (QED) is 0.479. The summed E-state index contributed by atoms with van der Waals surface area (Å²) >= 11 is 0. The van der Waals surface area contributed by atoms with Gasteiger partial charge in [-0.3, -0.25) is 0 Å². The van der Waals surface area contributed by atoms with E-state index in [-0.39, 0.29) is 17.1 Å². The molecule has 2 heterocycles. The summed E-state index contributed by atoms with van der Waals surface area (Å²) in [5, 5.41) is 4.63. The fraction of sp³-hybridized carbons (Fsp3) is 0.581. The summed E-state index contributed by atoms with van der Waals surface area (Å²) in [7, 11) is 6.19. The molecule has 6 nitrogen and oxygen atoms in total. The number of amides is 2. The highest BCUT2D eigenvalue weighted by atomic mass is 16.5. The number of aromatic nitrogens is 1. The Morgan fingerprint density at radius 2 is 2.00 bits per heavy atom. The number of urea groups is 1. The molecular weight excluding hydrogens is 460 g/mol. The summed E-state index contributed by atoms with van der Waals surface area (Å²) in [6, 6.07) is 8.72. The summed E-state index contributed by atoms with van der Waals surface area (Å²) in [4.78, 5) is 22.3. The van der Waals surface area contributed by atoms with Crippen LogP contribution in [0.5, 0.6) is 0 Å². The van der Waals surface area contributed by atoms with Crippen molar-refractivity contribution in [3.63, 3.8) is 0 Å². The number of methoxy groups -OCH3 is 1. The number of fused-ring (bicyclic) bond motifs is 4. The van der Waals surface area contributed by atoms with Crippen LogP contribution in [-0.4, -0.2) is 60.6 Å². The maximum atomic E-state index is 13.9. The number of nitrogens with zero attached hydrogens (tertiary/aromatic N) is 2. The number of carbonyl (C=O) groups is 1. The Kier molecular flexibility index (Phi) is 7.39. The van der Waals surface area contributed by atoms with Crippen molar-refractivity contribution in [2.24, 2.45) is 5.92 Å².